The van der Waals surface area contributed by atoms with Crippen molar-refractivity contribution in [2.45, 2.75) is 19.0 Å². The zero-order valence-corrected chi connectivity index (χ0v) is 12.8. The van der Waals surface area contributed by atoms with Crippen molar-refractivity contribution in [1.29, 1.82) is 0 Å². The summed E-state index contributed by atoms with van der Waals surface area (Å²) in [5.41, 5.74) is 1.37. The van der Waals surface area contributed by atoms with Gasteiger partial charge < -0.3 is 10.4 Å². The van der Waals surface area contributed by atoms with Crippen molar-refractivity contribution in [2.75, 3.05) is 5.01 Å². The molecular formula is C17H16N4O3. The fraction of sp³-hybridized carbons (Fsp3) is 0.176. The second-order valence-electron chi connectivity index (χ2n) is 5.29. The minimum absolute atomic E-state index is 0.0307. The number of rotatable bonds is 5. The molecule has 2 aromatic rings. The molecule has 1 atom stereocenters. The number of aliphatic carboxylic acids is 1. The lowest BCUT2D eigenvalue weighted by atomic mass is 10.1. The number of para-hydroxylation sites is 1. The van der Waals surface area contributed by atoms with E-state index in [1.165, 1.54) is 5.01 Å². The largest absolute Gasteiger partial charge is 0.477 e. The second kappa shape index (κ2) is 6.91. The molecule has 0 aliphatic carbocycles. The number of carbonyl (C=O) groups is 2. The predicted octanol–water partition coefficient (Wildman–Crippen LogP) is 1.42. The molecule has 1 aromatic carbocycles. The number of carbonyl (C=O) groups excluding carboxylic acids is 1. The lowest BCUT2D eigenvalue weighted by molar-refractivity contribution is -0.129. The second-order valence-corrected chi connectivity index (χ2v) is 5.29. The van der Waals surface area contributed by atoms with E-state index in [4.69, 9.17) is 0 Å². The molecule has 0 fully saturated rings. The van der Waals surface area contributed by atoms with E-state index >= 15 is 0 Å². The molecule has 2 N–H and O–H groups in total. The van der Waals surface area contributed by atoms with Crippen LogP contribution in [0.4, 0.5) is 5.69 Å². The summed E-state index contributed by atoms with van der Waals surface area (Å²) in [6, 6.07) is 13.8. The number of hydrogen-bond donors (Lipinski definition) is 2. The Hall–Kier alpha value is -3.22. The molecule has 24 heavy (non-hydrogen) atoms. The van der Waals surface area contributed by atoms with Gasteiger partial charge in [-0.05, 0) is 24.3 Å². The molecule has 1 amide bonds. The fourth-order valence-electron chi connectivity index (χ4n) is 2.46. The van der Waals surface area contributed by atoms with Crippen molar-refractivity contribution in [3.63, 3.8) is 0 Å². The van der Waals surface area contributed by atoms with Crippen LogP contribution in [-0.4, -0.2) is 33.7 Å². The molecule has 1 aliphatic heterocycles. The number of nitrogens with zero attached hydrogens (tertiary/aromatic N) is 3. The maximum atomic E-state index is 12.5. The van der Waals surface area contributed by atoms with Crippen LogP contribution in [0, 0.1) is 0 Å². The van der Waals surface area contributed by atoms with Gasteiger partial charge in [-0.25, -0.2) is 4.79 Å². The van der Waals surface area contributed by atoms with Crippen LogP contribution in [0.5, 0.6) is 0 Å². The van der Waals surface area contributed by atoms with Gasteiger partial charge in [0.05, 0.1) is 17.9 Å². The van der Waals surface area contributed by atoms with Crippen LogP contribution in [0.3, 0.4) is 0 Å². The average molecular weight is 324 g/mol. The molecule has 3 rings (SSSR count). The maximum absolute atomic E-state index is 12.5. The van der Waals surface area contributed by atoms with E-state index in [1.807, 2.05) is 30.3 Å². The van der Waals surface area contributed by atoms with E-state index in [9.17, 15) is 14.7 Å². The Morgan fingerprint density at radius 3 is 2.58 bits per heavy atom. The Balaban J connectivity index is 1.75. The van der Waals surface area contributed by atoms with Crippen LogP contribution in [0.1, 0.15) is 12.1 Å². The molecular weight excluding hydrogens is 308 g/mol. The Morgan fingerprint density at radius 1 is 1.17 bits per heavy atom. The van der Waals surface area contributed by atoms with Crippen molar-refractivity contribution < 1.29 is 14.7 Å². The van der Waals surface area contributed by atoms with Gasteiger partial charge in [0.1, 0.15) is 11.8 Å². The summed E-state index contributed by atoms with van der Waals surface area (Å²) in [4.78, 5) is 27.9. The molecule has 7 nitrogen and oxygen atoms in total. The van der Waals surface area contributed by atoms with Gasteiger partial charge in [-0.3, -0.25) is 14.8 Å². The monoisotopic (exact) mass is 324 g/mol. The third-order valence-electron chi connectivity index (χ3n) is 3.65. The minimum Gasteiger partial charge on any atom is -0.477 e. The molecule has 1 unspecified atom stereocenters. The number of carboxylic acids is 1. The fourth-order valence-corrected chi connectivity index (χ4v) is 2.46. The molecule has 0 saturated heterocycles. The van der Waals surface area contributed by atoms with Gasteiger partial charge in [0.2, 0.25) is 5.91 Å². The molecule has 1 aliphatic rings. The van der Waals surface area contributed by atoms with Crippen molar-refractivity contribution in [2.24, 2.45) is 5.10 Å². The van der Waals surface area contributed by atoms with E-state index in [0.29, 0.717) is 5.69 Å². The number of benzene rings is 1. The Kier molecular flexibility index (Phi) is 4.51. The van der Waals surface area contributed by atoms with E-state index in [2.05, 4.69) is 15.4 Å². The normalized spacial score (nSPS) is 16.6. The minimum atomic E-state index is -1.11. The molecule has 122 valence electrons. The van der Waals surface area contributed by atoms with Crippen molar-refractivity contribution in [3.8, 4) is 0 Å². The molecule has 2 heterocycles. The summed E-state index contributed by atoms with van der Waals surface area (Å²) < 4.78 is 0. The Bertz CT molecular complexity index is 762. The third-order valence-corrected chi connectivity index (χ3v) is 3.65. The van der Waals surface area contributed by atoms with Crippen LogP contribution in [0.2, 0.25) is 0 Å². The lowest BCUT2D eigenvalue weighted by Gasteiger charge is -2.22. The van der Waals surface area contributed by atoms with Crippen molar-refractivity contribution in [1.82, 2.24) is 10.3 Å². The van der Waals surface area contributed by atoms with Gasteiger partial charge in [-0.15, -0.1) is 0 Å². The van der Waals surface area contributed by atoms with Crippen LogP contribution in [-0.2, 0) is 16.1 Å². The van der Waals surface area contributed by atoms with E-state index in [0.717, 1.165) is 5.69 Å². The first kappa shape index (κ1) is 15.7. The van der Waals surface area contributed by atoms with Crippen LogP contribution < -0.4 is 10.3 Å². The zero-order chi connectivity index (χ0) is 16.9. The molecule has 7 heteroatoms. The highest BCUT2D eigenvalue weighted by molar-refractivity contribution is 6.37. The SMILES string of the molecule is O=C(O)C1=NN(c2ccccc2)C(C(=O)NCc2ccccn2)C1. The summed E-state index contributed by atoms with van der Waals surface area (Å²) in [7, 11) is 0. The number of nitrogens with one attached hydrogen (secondary N) is 1. The molecule has 0 bridgehead atoms. The average Bonchev–Trinajstić information content (AvgIpc) is 3.07. The number of aromatic nitrogens is 1. The summed E-state index contributed by atoms with van der Waals surface area (Å²) >= 11 is 0. The van der Waals surface area contributed by atoms with Gasteiger partial charge in [0.15, 0.2) is 0 Å². The molecule has 0 saturated carbocycles. The standard InChI is InChI=1S/C17H16N4O3/c22-16(19-11-12-6-4-5-9-18-12)15-10-14(17(23)24)20-21(15)13-7-2-1-3-8-13/h1-9,15H,10-11H2,(H,19,22)(H,23,24). The van der Waals surface area contributed by atoms with E-state index < -0.39 is 12.0 Å². The number of hydrazone groups is 1. The number of pyridine rings is 1. The summed E-state index contributed by atoms with van der Waals surface area (Å²) in [5.74, 6) is -1.40. The maximum Gasteiger partial charge on any atom is 0.352 e. The van der Waals surface area contributed by atoms with Gasteiger partial charge in [0, 0.05) is 12.6 Å². The van der Waals surface area contributed by atoms with E-state index in [-0.39, 0.29) is 24.6 Å². The first-order valence-corrected chi connectivity index (χ1v) is 7.48. The predicted molar refractivity (Wildman–Crippen MR) is 88.5 cm³/mol. The number of anilines is 1. The van der Waals surface area contributed by atoms with E-state index in [1.54, 1.807) is 24.4 Å². The highest BCUT2D eigenvalue weighted by Gasteiger charge is 2.36. The van der Waals surface area contributed by atoms with Gasteiger partial charge in [0.25, 0.3) is 0 Å². The molecule has 0 spiro atoms. The van der Waals surface area contributed by atoms with Crippen LogP contribution >= 0.6 is 0 Å². The number of hydrogen-bond acceptors (Lipinski definition) is 5. The van der Waals surface area contributed by atoms with Crippen molar-refractivity contribution in [3.05, 3.63) is 60.4 Å². The number of amides is 1. The quantitative estimate of drug-likeness (QED) is 0.867. The Morgan fingerprint density at radius 2 is 1.92 bits per heavy atom. The van der Waals surface area contributed by atoms with Gasteiger partial charge in [-0.1, -0.05) is 24.3 Å². The first-order valence-electron chi connectivity index (χ1n) is 7.48. The Labute approximate surface area is 138 Å². The highest BCUT2D eigenvalue weighted by Crippen LogP contribution is 2.24. The van der Waals surface area contributed by atoms with Crippen LogP contribution in [0.15, 0.2) is 59.8 Å². The first-order chi connectivity index (χ1) is 11.6. The zero-order valence-electron chi connectivity index (χ0n) is 12.8. The third kappa shape index (κ3) is 3.40. The lowest BCUT2D eigenvalue weighted by Crippen LogP contribution is -2.42. The smallest absolute Gasteiger partial charge is 0.352 e. The summed E-state index contributed by atoms with van der Waals surface area (Å²) in [6.07, 6.45) is 1.71. The summed E-state index contributed by atoms with van der Waals surface area (Å²) in [5, 5.41) is 17.5. The highest BCUT2D eigenvalue weighted by atomic mass is 16.4. The van der Waals surface area contributed by atoms with Gasteiger partial charge in [-0.2, -0.15) is 5.10 Å². The topological polar surface area (TPSA) is 94.9 Å². The van der Waals surface area contributed by atoms with Crippen LogP contribution in [0.25, 0.3) is 0 Å². The number of carboxylic acid groups (broad SMARTS) is 1. The van der Waals surface area contributed by atoms with Crippen molar-refractivity contribution >= 4 is 23.3 Å². The van der Waals surface area contributed by atoms with Gasteiger partial charge >= 0.3 is 5.97 Å². The molecule has 1 aromatic heterocycles. The molecule has 0 radical (unpaired) electrons. The summed E-state index contributed by atoms with van der Waals surface area (Å²) in [6.45, 7) is 0.279.